The van der Waals surface area contributed by atoms with Crippen molar-refractivity contribution in [3.8, 4) is 5.75 Å². The Kier molecular flexibility index (Phi) is 5.23. The predicted molar refractivity (Wildman–Crippen MR) is 98.6 cm³/mol. The maximum Gasteiger partial charge on any atom is 0.344 e. The van der Waals surface area contributed by atoms with Gasteiger partial charge in [-0.15, -0.1) is 0 Å². The van der Waals surface area contributed by atoms with E-state index >= 15 is 0 Å². The van der Waals surface area contributed by atoms with Crippen LogP contribution < -0.4 is 10.3 Å². The zero-order valence-corrected chi connectivity index (χ0v) is 15.0. The number of aryl methyl sites for hydroxylation is 1. The monoisotopic (exact) mass is 372 g/mol. The van der Waals surface area contributed by atoms with E-state index in [4.69, 9.17) is 21.1 Å². The van der Waals surface area contributed by atoms with Gasteiger partial charge in [0, 0.05) is 5.02 Å². The standard InChI is InChI=1S/C19H17ClN2O4/c1-11-9-13(20)7-8-16(11)25-10-17(23)26-12(2)18-21-15-6-4-3-5-14(15)19(24)22-18/h3-9,12H,10H2,1-2H3,(H,21,22,24). The number of ether oxygens (including phenoxy) is 2. The number of benzene rings is 2. The first-order valence-electron chi connectivity index (χ1n) is 8.01. The molecule has 0 radical (unpaired) electrons. The molecule has 0 amide bonds. The van der Waals surface area contributed by atoms with Crippen molar-refractivity contribution in [1.29, 1.82) is 0 Å². The van der Waals surface area contributed by atoms with Crippen LogP contribution in [0, 0.1) is 6.92 Å². The van der Waals surface area contributed by atoms with Gasteiger partial charge in [0.25, 0.3) is 5.56 Å². The van der Waals surface area contributed by atoms with Crippen molar-refractivity contribution in [3.05, 3.63) is 69.2 Å². The van der Waals surface area contributed by atoms with Crippen LogP contribution in [0.15, 0.2) is 47.3 Å². The largest absolute Gasteiger partial charge is 0.482 e. The summed E-state index contributed by atoms with van der Waals surface area (Å²) in [5.74, 6) is 0.267. The van der Waals surface area contributed by atoms with Crippen molar-refractivity contribution >= 4 is 28.5 Å². The number of halogens is 1. The molecular formula is C19H17ClN2O4. The third-order valence-electron chi connectivity index (χ3n) is 3.81. The summed E-state index contributed by atoms with van der Waals surface area (Å²) in [5, 5.41) is 1.08. The van der Waals surface area contributed by atoms with E-state index in [1.807, 2.05) is 6.92 Å². The Labute approximate surface area is 154 Å². The summed E-state index contributed by atoms with van der Waals surface area (Å²) in [5.41, 5.74) is 1.09. The van der Waals surface area contributed by atoms with Crippen LogP contribution in [0.5, 0.6) is 5.75 Å². The van der Waals surface area contributed by atoms with Gasteiger partial charge in [0.15, 0.2) is 18.5 Å². The third-order valence-corrected chi connectivity index (χ3v) is 4.04. The molecule has 1 aromatic heterocycles. The van der Waals surface area contributed by atoms with Crippen molar-refractivity contribution in [2.45, 2.75) is 20.0 Å². The maximum absolute atomic E-state index is 12.1. The van der Waals surface area contributed by atoms with Crippen molar-refractivity contribution < 1.29 is 14.3 Å². The number of hydrogen-bond donors (Lipinski definition) is 1. The van der Waals surface area contributed by atoms with Crippen molar-refractivity contribution in [3.63, 3.8) is 0 Å². The fraction of sp³-hybridized carbons (Fsp3) is 0.211. The molecule has 134 valence electrons. The van der Waals surface area contributed by atoms with Crippen LogP contribution >= 0.6 is 11.6 Å². The number of aromatic amines is 1. The highest BCUT2D eigenvalue weighted by atomic mass is 35.5. The molecule has 7 heteroatoms. The van der Waals surface area contributed by atoms with Crippen LogP contribution in [0.2, 0.25) is 5.02 Å². The van der Waals surface area contributed by atoms with Gasteiger partial charge in [-0.25, -0.2) is 9.78 Å². The lowest BCUT2D eigenvalue weighted by Crippen LogP contribution is -2.20. The van der Waals surface area contributed by atoms with Gasteiger partial charge in [-0.2, -0.15) is 0 Å². The molecule has 1 N–H and O–H groups in total. The molecule has 1 heterocycles. The van der Waals surface area contributed by atoms with Gasteiger partial charge >= 0.3 is 5.97 Å². The number of rotatable bonds is 5. The van der Waals surface area contributed by atoms with Gasteiger partial charge in [-0.3, -0.25) is 4.79 Å². The second-order valence-corrected chi connectivity index (χ2v) is 6.24. The number of nitrogens with one attached hydrogen (secondary N) is 1. The SMILES string of the molecule is Cc1cc(Cl)ccc1OCC(=O)OC(C)c1nc2ccccc2c(=O)[nH]1. The minimum Gasteiger partial charge on any atom is -0.482 e. The lowest BCUT2D eigenvalue weighted by atomic mass is 10.2. The summed E-state index contributed by atoms with van der Waals surface area (Å²) >= 11 is 5.89. The summed E-state index contributed by atoms with van der Waals surface area (Å²) in [6.45, 7) is 3.21. The Hall–Kier alpha value is -2.86. The van der Waals surface area contributed by atoms with Crippen LogP contribution in [-0.2, 0) is 9.53 Å². The Morgan fingerprint density at radius 3 is 2.81 bits per heavy atom. The molecule has 1 atom stereocenters. The summed E-state index contributed by atoms with van der Waals surface area (Å²) in [4.78, 5) is 31.1. The highest BCUT2D eigenvalue weighted by molar-refractivity contribution is 6.30. The molecular weight excluding hydrogens is 356 g/mol. The first-order chi connectivity index (χ1) is 12.4. The van der Waals surface area contributed by atoms with E-state index in [1.54, 1.807) is 49.4 Å². The molecule has 0 fully saturated rings. The Morgan fingerprint density at radius 1 is 1.27 bits per heavy atom. The molecule has 0 spiro atoms. The van der Waals surface area contributed by atoms with E-state index in [1.165, 1.54) is 0 Å². The number of fused-ring (bicyclic) bond motifs is 1. The summed E-state index contributed by atoms with van der Waals surface area (Å²) in [6, 6.07) is 12.1. The van der Waals surface area contributed by atoms with Gasteiger partial charge in [-0.05, 0) is 49.7 Å². The van der Waals surface area contributed by atoms with Crippen LogP contribution in [0.25, 0.3) is 10.9 Å². The summed E-state index contributed by atoms with van der Waals surface area (Å²) in [7, 11) is 0. The lowest BCUT2D eigenvalue weighted by molar-refractivity contribution is -0.151. The van der Waals surface area contributed by atoms with Crippen LogP contribution in [0.4, 0.5) is 0 Å². The van der Waals surface area contributed by atoms with E-state index in [2.05, 4.69) is 9.97 Å². The number of H-pyrrole nitrogens is 1. The average molecular weight is 373 g/mol. The van der Waals surface area contributed by atoms with Gasteiger partial charge < -0.3 is 14.5 Å². The molecule has 0 saturated carbocycles. The number of nitrogens with zero attached hydrogens (tertiary/aromatic N) is 1. The topological polar surface area (TPSA) is 81.3 Å². The maximum atomic E-state index is 12.1. The van der Waals surface area contributed by atoms with Crippen LogP contribution in [0.1, 0.15) is 24.4 Å². The second-order valence-electron chi connectivity index (χ2n) is 5.80. The van der Waals surface area contributed by atoms with E-state index in [-0.39, 0.29) is 18.0 Å². The molecule has 0 saturated heterocycles. The first-order valence-corrected chi connectivity index (χ1v) is 8.39. The average Bonchev–Trinajstić information content (AvgIpc) is 2.61. The first kappa shape index (κ1) is 17.9. The number of carbonyl (C=O) groups is 1. The zero-order chi connectivity index (χ0) is 18.7. The minimum atomic E-state index is -0.713. The lowest BCUT2D eigenvalue weighted by Gasteiger charge is -2.14. The molecule has 1 unspecified atom stereocenters. The number of esters is 1. The summed E-state index contributed by atoms with van der Waals surface area (Å²) < 4.78 is 10.8. The fourth-order valence-corrected chi connectivity index (χ4v) is 2.72. The number of para-hydroxylation sites is 1. The van der Waals surface area contributed by atoms with E-state index in [0.29, 0.717) is 21.7 Å². The quantitative estimate of drug-likeness (QED) is 0.692. The van der Waals surface area contributed by atoms with E-state index in [0.717, 1.165) is 5.56 Å². The zero-order valence-electron chi connectivity index (χ0n) is 14.3. The highest BCUT2D eigenvalue weighted by Gasteiger charge is 2.16. The molecule has 0 bridgehead atoms. The Balaban J connectivity index is 1.66. The smallest absolute Gasteiger partial charge is 0.344 e. The van der Waals surface area contributed by atoms with Gasteiger partial charge in [0.2, 0.25) is 0 Å². The molecule has 26 heavy (non-hydrogen) atoms. The fourth-order valence-electron chi connectivity index (χ4n) is 2.50. The van der Waals surface area contributed by atoms with Crippen LogP contribution in [-0.4, -0.2) is 22.5 Å². The third kappa shape index (κ3) is 4.03. The minimum absolute atomic E-state index is 0.259. The van der Waals surface area contributed by atoms with Gasteiger partial charge in [0.1, 0.15) is 5.75 Å². The van der Waals surface area contributed by atoms with Gasteiger partial charge in [0.05, 0.1) is 10.9 Å². The van der Waals surface area contributed by atoms with Gasteiger partial charge in [-0.1, -0.05) is 23.7 Å². The highest BCUT2D eigenvalue weighted by Crippen LogP contribution is 2.22. The predicted octanol–water partition coefficient (Wildman–Crippen LogP) is 3.57. The Morgan fingerprint density at radius 2 is 2.04 bits per heavy atom. The Bertz CT molecular complexity index is 1020. The number of hydrogen-bond acceptors (Lipinski definition) is 5. The molecule has 3 aromatic rings. The number of carbonyl (C=O) groups excluding carboxylic acids is 1. The van der Waals surface area contributed by atoms with Crippen molar-refractivity contribution in [2.24, 2.45) is 0 Å². The molecule has 6 nitrogen and oxygen atoms in total. The second kappa shape index (κ2) is 7.58. The van der Waals surface area contributed by atoms with Crippen molar-refractivity contribution in [1.82, 2.24) is 9.97 Å². The molecule has 0 aliphatic carbocycles. The normalized spacial score (nSPS) is 12.0. The molecule has 0 aliphatic heterocycles. The molecule has 3 rings (SSSR count). The molecule has 0 aliphatic rings. The van der Waals surface area contributed by atoms with Crippen molar-refractivity contribution in [2.75, 3.05) is 6.61 Å². The molecule has 2 aromatic carbocycles. The van der Waals surface area contributed by atoms with E-state index in [9.17, 15) is 9.59 Å². The number of aromatic nitrogens is 2. The van der Waals surface area contributed by atoms with Crippen LogP contribution in [0.3, 0.4) is 0 Å². The van der Waals surface area contributed by atoms with E-state index < -0.39 is 12.1 Å². The summed E-state index contributed by atoms with van der Waals surface area (Å²) in [6.07, 6.45) is -0.713.